The van der Waals surface area contributed by atoms with Gasteiger partial charge in [0, 0.05) is 0 Å². The molecule has 0 heterocycles. The average molecular weight is 226 g/mol. The number of carbonyl (C=O) groups excluding carboxylic acids is 1. The van der Waals surface area contributed by atoms with Gasteiger partial charge in [0.2, 0.25) is 9.84 Å². The van der Waals surface area contributed by atoms with Crippen molar-refractivity contribution in [2.75, 3.05) is 5.73 Å². The van der Waals surface area contributed by atoms with Gasteiger partial charge in [-0.1, -0.05) is 18.7 Å². The van der Waals surface area contributed by atoms with Crippen molar-refractivity contribution in [3.8, 4) is 0 Å². The van der Waals surface area contributed by atoms with E-state index in [1.165, 1.54) is 18.2 Å². The number of nitrogen functional groups attached to an aromatic ring is 1. The molecule has 0 aliphatic rings. The highest BCUT2D eigenvalue weighted by atomic mass is 32.2. The van der Waals surface area contributed by atoms with E-state index in [1.54, 1.807) is 6.07 Å². The van der Waals surface area contributed by atoms with Gasteiger partial charge in [0.15, 0.2) is 0 Å². The minimum Gasteiger partial charge on any atom is -0.398 e. The molecule has 0 unspecified atom stereocenters. The van der Waals surface area contributed by atoms with Gasteiger partial charge in [-0.25, -0.2) is 8.42 Å². The third-order valence-corrected chi connectivity index (χ3v) is 3.61. The molecule has 80 valence electrons. The lowest BCUT2D eigenvalue weighted by molar-refractivity contribution is -0.113. The van der Waals surface area contributed by atoms with Crippen LogP contribution < -0.4 is 11.5 Å². The SMILES string of the molecule is C=C(C(N)=O)S(=O)(=O)c1ccccc1N. The van der Waals surface area contributed by atoms with Gasteiger partial charge in [-0.2, -0.15) is 0 Å². The molecule has 0 spiro atoms. The number of benzene rings is 1. The lowest BCUT2D eigenvalue weighted by Crippen LogP contribution is -2.20. The number of anilines is 1. The minimum atomic E-state index is -3.96. The van der Waals surface area contributed by atoms with Gasteiger partial charge in [-0.15, -0.1) is 0 Å². The van der Waals surface area contributed by atoms with Crippen LogP contribution in [0.5, 0.6) is 0 Å². The Balaban J connectivity index is 3.37. The van der Waals surface area contributed by atoms with Gasteiger partial charge >= 0.3 is 0 Å². The summed E-state index contributed by atoms with van der Waals surface area (Å²) in [6, 6.07) is 5.79. The Morgan fingerprint density at radius 1 is 1.27 bits per heavy atom. The number of rotatable bonds is 3. The van der Waals surface area contributed by atoms with Gasteiger partial charge in [0.25, 0.3) is 5.91 Å². The molecular formula is C9H10N2O3S. The largest absolute Gasteiger partial charge is 0.398 e. The van der Waals surface area contributed by atoms with Gasteiger partial charge in [-0.05, 0) is 12.1 Å². The van der Waals surface area contributed by atoms with Crippen molar-refractivity contribution in [1.29, 1.82) is 0 Å². The number of sulfone groups is 1. The van der Waals surface area contributed by atoms with Crippen molar-refractivity contribution in [3.05, 3.63) is 35.7 Å². The van der Waals surface area contributed by atoms with Crippen molar-refractivity contribution < 1.29 is 13.2 Å². The predicted molar refractivity (Wildman–Crippen MR) is 56.4 cm³/mol. The number of hydrogen-bond donors (Lipinski definition) is 2. The molecule has 1 aromatic carbocycles. The van der Waals surface area contributed by atoms with Gasteiger partial charge in [0.1, 0.15) is 4.91 Å². The quantitative estimate of drug-likeness (QED) is 0.561. The van der Waals surface area contributed by atoms with Crippen LogP contribution in [-0.2, 0) is 14.6 Å². The summed E-state index contributed by atoms with van der Waals surface area (Å²) in [5.74, 6) is -1.08. The number of nitrogens with two attached hydrogens (primary N) is 2. The Labute approximate surface area is 87.3 Å². The average Bonchev–Trinajstić information content (AvgIpc) is 2.16. The third kappa shape index (κ3) is 1.99. The first-order valence-corrected chi connectivity index (χ1v) is 5.44. The summed E-state index contributed by atoms with van der Waals surface area (Å²) < 4.78 is 23.4. The van der Waals surface area contributed by atoms with Crippen LogP contribution in [0.3, 0.4) is 0 Å². The fourth-order valence-electron chi connectivity index (χ4n) is 0.990. The molecule has 0 radical (unpaired) electrons. The van der Waals surface area contributed by atoms with Crippen molar-refractivity contribution >= 4 is 21.4 Å². The van der Waals surface area contributed by atoms with Crippen molar-refractivity contribution in [3.63, 3.8) is 0 Å². The first-order chi connectivity index (χ1) is 6.87. The summed E-state index contributed by atoms with van der Waals surface area (Å²) in [4.78, 5) is 9.91. The van der Waals surface area contributed by atoms with Crippen LogP contribution in [0.1, 0.15) is 0 Å². The molecule has 0 bridgehead atoms. The molecule has 0 aliphatic carbocycles. The molecule has 5 nitrogen and oxygen atoms in total. The zero-order valence-electron chi connectivity index (χ0n) is 7.80. The van der Waals surface area contributed by atoms with Crippen molar-refractivity contribution in [2.24, 2.45) is 5.73 Å². The maximum absolute atomic E-state index is 11.7. The molecule has 15 heavy (non-hydrogen) atoms. The van der Waals surface area contributed by atoms with E-state index < -0.39 is 20.6 Å². The second-order valence-corrected chi connectivity index (χ2v) is 4.77. The normalized spacial score (nSPS) is 10.9. The summed E-state index contributed by atoms with van der Waals surface area (Å²) in [6.45, 7) is 3.13. The summed E-state index contributed by atoms with van der Waals surface area (Å²) in [6.07, 6.45) is 0. The van der Waals surface area contributed by atoms with Gasteiger partial charge in [-0.3, -0.25) is 4.79 Å². The molecule has 0 aliphatic heterocycles. The van der Waals surface area contributed by atoms with Crippen LogP contribution >= 0.6 is 0 Å². The van der Waals surface area contributed by atoms with E-state index in [0.717, 1.165) is 0 Å². The molecule has 4 N–H and O–H groups in total. The minimum absolute atomic E-state index is 0.0555. The lowest BCUT2D eigenvalue weighted by atomic mass is 10.3. The van der Waals surface area contributed by atoms with E-state index in [0.29, 0.717) is 0 Å². The fraction of sp³-hybridized carbons (Fsp3) is 0. The summed E-state index contributed by atoms with van der Waals surface area (Å²) in [7, 11) is -3.96. The first-order valence-electron chi connectivity index (χ1n) is 3.95. The number of amides is 1. The van der Waals surface area contributed by atoms with E-state index in [2.05, 4.69) is 6.58 Å². The molecule has 0 atom stereocenters. The van der Waals surface area contributed by atoms with E-state index in [9.17, 15) is 13.2 Å². The van der Waals surface area contributed by atoms with Gasteiger partial charge < -0.3 is 11.5 Å². The zero-order chi connectivity index (χ0) is 11.6. The fourth-order valence-corrected chi connectivity index (χ4v) is 2.16. The summed E-state index contributed by atoms with van der Waals surface area (Å²) in [5.41, 5.74) is 10.4. The monoisotopic (exact) mass is 226 g/mol. The molecule has 0 saturated carbocycles. The van der Waals surface area contributed by atoms with E-state index in [1.807, 2.05) is 0 Å². The van der Waals surface area contributed by atoms with Crippen LogP contribution in [0.4, 0.5) is 5.69 Å². The molecular weight excluding hydrogens is 216 g/mol. The van der Waals surface area contributed by atoms with Crippen molar-refractivity contribution in [1.82, 2.24) is 0 Å². The van der Waals surface area contributed by atoms with Crippen LogP contribution in [0.2, 0.25) is 0 Å². The van der Waals surface area contributed by atoms with Gasteiger partial charge in [0.05, 0.1) is 10.6 Å². The van der Waals surface area contributed by atoms with E-state index >= 15 is 0 Å². The smallest absolute Gasteiger partial charge is 0.260 e. The highest BCUT2D eigenvalue weighted by Crippen LogP contribution is 2.23. The lowest BCUT2D eigenvalue weighted by Gasteiger charge is -2.06. The molecule has 0 fully saturated rings. The van der Waals surface area contributed by atoms with Crippen LogP contribution in [0, 0.1) is 0 Å². The van der Waals surface area contributed by atoms with Crippen LogP contribution in [-0.4, -0.2) is 14.3 Å². The number of para-hydroxylation sites is 1. The summed E-state index contributed by atoms with van der Waals surface area (Å²) >= 11 is 0. The molecule has 0 saturated heterocycles. The molecule has 1 amide bonds. The molecule has 0 aromatic heterocycles. The maximum Gasteiger partial charge on any atom is 0.260 e. The van der Waals surface area contributed by atoms with E-state index in [4.69, 9.17) is 11.5 Å². The highest BCUT2D eigenvalue weighted by molar-refractivity contribution is 7.96. The van der Waals surface area contributed by atoms with Crippen LogP contribution in [0.25, 0.3) is 0 Å². The second kappa shape index (κ2) is 3.74. The molecule has 6 heteroatoms. The third-order valence-electron chi connectivity index (χ3n) is 1.81. The van der Waals surface area contributed by atoms with E-state index in [-0.39, 0.29) is 10.6 Å². The number of primary amides is 1. The molecule has 1 rings (SSSR count). The molecule has 1 aromatic rings. The highest BCUT2D eigenvalue weighted by Gasteiger charge is 2.24. The Morgan fingerprint density at radius 3 is 2.27 bits per heavy atom. The summed E-state index contributed by atoms with van der Waals surface area (Å²) in [5, 5.41) is 0. The van der Waals surface area contributed by atoms with Crippen LogP contribution in [0.15, 0.2) is 40.6 Å². The second-order valence-electron chi connectivity index (χ2n) is 2.83. The number of carbonyl (C=O) groups is 1. The Morgan fingerprint density at radius 2 is 1.80 bits per heavy atom. The Bertz CT molecular complexity index is 520. The zero-order valence-corrected chi connectivity index (χ0v) is 8.62. The first kappa shape index (κ1) is 11.3. The maximum atomic E-state index is 11.7. The topological polar surface area (TPSA) is 103 Å². The Kier molecular flexibility index (Phi) is 2.81. The number of hydrogen-bond acceptors (Lipinski definition) is 4. The standard InChI is InChI=1S/C9H10N2O3S/c1-6(9(11)12)15(13,14)8-5-3-2-4-7(8)10/h2-5H,1,10H2,(H2,11,12). The predicted octanol–water partition coefficient (Wildman–Crippen LogP) is 0.0415. The Hall–Kier alpha value is -1.82. The van der Waals surface area contributed by atoms with Crippen molar-refractivity contribution in [2.45, 2.75) is 4.90 Å².